The van der Waals surface area contributed by atoms with Crippen molar-refractivity contribution in [3.05, 3.63) is 23.8 Å². The highest BCUT2D eigenvalue weighted by molar-refractivity contribution is 6.39. The average molecular weight is 334 g/mol. The maximum absolute atomic E-state index is 12.3. The number of hydrogen-bond donors (Lipinski definition) is 2. The fourth-order valence-corrected chi connectivity index (χ4v) is 2.68. The molecule has 1 saturated heterocycles. The molecule has 1 aliphatic rings. The molecule has 2 N–H and O–H groups in total. The van der Waals surface area contributed by atoms with Crippen LogP contribution in [0.3, 0.4) is 0 Å². The van der Waals surface area contributed by atoms with Crippen molar-refractivity contribution >= 4 is 23.5 Å². The van der Waals surface area contributed by atoms with Crippen molar-refractivity contribution in [2.75, 3.05) is 25.0 Å². The summed E-state index contributed by atoms with van der Waals surface area (Å²) < 4.78 is 4.98. The second-order valence-electron chi connectivity index (χ2n) is 5.82. The van der Waals surface area contributed by atoms with E-state index in [1.165, 1.54) is 11.0 Å². The number of esters is 1. The van der Waals surface area contributed by atoms with E-state index in [1.54, 1.807) is 19.1 Å². The lowest BCUT2D eigenvalue weighted by Gasteiger charge is -2.31. The summed E-state index contributed by atoms with van der Waals surface area (Å²) in [6.07, 6.45) is 1.28. The number of carbonyl (C=O) groups is 3. The Balaban J connectivity index is 2.01. The minimum atomic E-state index is -0.833. The molecule has 0 radical (unpaired) electrons. The average Bonchev–Trinajstić information content (AvgIpc) is 2.57. The Morgan fingerprint density at radius 3 is 2.83 bits per heavy atom. The van der Waals surface area contributed by atoms with Crippen LogP contribution in [0.2, 0.25) is 0 Å². The molecule has 130 valence electrons. The van der Waals surface area contributed by atoms with Gasteiger partial charge in [-0.25, -0.2) is 0 Å². The van der Waals surface area contributed by atoms with Crippen LogP contribution in [-0.2, 0) is 19.1 Å². The number of nitrogens with one attached hydrogen (secondary N) is 1. The van der Waals surface area contributed by atoms with E-state index in [0.29, 0.717) is 19.4 Å². The van der Waals surface area contributed by atoms with Gasteiger partial charge in [-0.3, -0.25) is 14.4 Å². The second-order valence-corrected chi connectivity index (χ2v) is 5.82. The van der Waals surface area contributed by atoms with Crippen LogP contribution in [-0.4, -0.2) is 47.5 Å². The van der Waals surface area contributed by atoms with Crippen LogP contribution >= 0.6 is 0 Å². The zero-order chi connectivity index (χ0) is 17.7. The number of rotatable bonds is 3. The highest BCUT2D eigenvalue weighted by Crippen LogP contribution is 2.24. The molecule has 1 aromatic carbocycles. The molecule has 2 rings (SSSR count). The topological polar surface area (TPSA) is 95.9 Å². The van der Waals surface area contributed by atoms with Gasteiger partial charge in [0.15, 0.2) is 0 Å². The van der Waals surface area contributed by atoms with Gasteiger partial charge in [0, 0.05) is 13.1 Å². The molecule has 7 nitrogen and oxygen atoms in total. The highest BCUT2D eigenvalue weighted by atomic mass is 16.5. The number of aromatic hydroxyl groups is 1. The number of phenolic OH excluding ortho intramolecular Hbond substituents is 1. The normalized spacial score (nSPS) is 17.2. The molecule has 1 atom stereocenters. The minimum Gasteiger partial charge on any atom is -0.506 e. The third-order valence-electron chi connectivity index (χ3n) is 3.92. The van der Waals surface area contributed by atoms with E-state index < -0.39 is 17.7 Å². The summed E-state index contributed by atoms with van der Waals surface area (Å²) in [5, 5.41) is 12.2. The van der Waals surface area contributed by atoms with E-state index in [4.69, 9.17) is 4.74 Å². The summed E-state index contributed by atoms with van der Waals surface area (Å²) >= 11 is 0. The Hall–Kier alpha value is -2.57. The first-order valence-corrected chi connectivity index (χ1v) is 7.99. The molecular formula is C17H22N2O5. The molecule has 2 amide bonds. The Morgan fingerprint density at radius 2 is 2.12 bits per heavy atom. The number of benzene rings is 1. The van der Waals surface area contributed by atoms with Crippen molar-refractivity contribution in [1.29, 1.82) is 0 Å². The van der Waals surface area contributed by atoms with Crippen molar-refractivity contribution in [1.82, 2.24) is 4.90 Å². The number of phenols is 1. The van der Waals surface area contributed by atoms with Gasteiger partial charge >= 0.3 is 17.8 Å². The predicted octanol–water partition coefficient (Wildman–Crippen LogP) is 1.44. The van der Waals surface area contributed by atoms with E-state index in [-0.39, 0.29) is 30.6 Å². The van der Waals surface area contributed by atoms with Gasteiger partial charge in [0.25, 0.3) is 0 Å². The van der Waals surface area contributed by atoms with Crippen molar-refractivity contribution in [2.24, 2.45) is 5.92 Å². The molecule has 1 fully saturated rings. The third-order valence-corrected chi connectivity index (χ3v) is 3.92. The summed E-state index contributed by atoms with van der Waals surface area (Å²) in [4.78, 5) is 37.6. The van der Waals surface area contributed by atoms with Crippen LogP contribution in [0.4, 0.5) is 5.69 Å². The first kappa shape index (κ1) is 17.8. The number of hydrogen-bond acceptors (Lipinski definition) is 5. The quantitative estimate of drug-likeness (QED) is 0.495. The lowest BCUT2D eigenvalue weighted by molar-refractivity contribution is -0.153. The summed E-state index contributed by atoms with van der Waals surface area (Å²) in [7, 11) is 0. The Morgan fingerprint density at radius 1 is 1.38 bits per heavy atom. The van der Waals surface area contributed by atoms with E-state index >= 15 is 0 Å². The van der Waals surface area contributed by atoms with Gasteiger partial charge in [-0.1, -0.05) is 6.07 Å². The first-order chi connectivity index (χ1) is 11.4. The zero-order valence-corrected chi connectivity index (χ0v) is 13.9. The minimum absolute atomic E-state index is 0.107. The van der Waals surface area contributed by atoms with Gasteiger partial charge in [0.2, 0.25) is 0 Å². The number of amides is 2. The summed E-state index contributed by atoms with van der Waals surface area (Å²) in [6, 6.07) is 4.73. The molecular weight excluding hydrogens is 312 g/mol. The molecule has 7 heteroatoms. The van der Waals surface area contributed by atoms with E-state index in [0.717, 1.165) is 5.56 Å². The van der Waals surface area contributed by atoms with E-state index in [9.17, 15) is 19.5 Å². The number of aryl methyl sites for hydroxylation is 1. The fraction of sp³-hybridized carbons (Fsp3) is 0.471. The Kier molecular flexibility index (Phi) is 5.78. The number of carbonyl (C=O) groups excluding carboxylic acids is 3. The molecule has 0 aliphatic carbocycles. The summed E-state index contributed by atoms with van der Waals surface area (Å²) in [5.41, 5.74) is 1.03. The number of nitrogens with zero attached hydrogens (tertiary/aromatic N) is 1. The van der Waals surface area contributed by atoms with Crippen LogP contribution in [0, 0.1) is 12.8 Å². The van der Waals surface area contributed by atoms with Crippen LogP contribution in [0.25, 0.3) is 0 Å². The monoisotopic (exact) mass is 334 g/mol. The van der Waals surface area contributed by atoms with Gasteiger partial charge in [-0.05, 0) is 44.4 Å². The number of ether oxygens (including phenoxy) is 1. The van der Waals surface area contributed by atoms with Crippen molar-refractivity contribution in [2.45, 2.75) is 26.7 Å². The van der Waals surface area contributed by atoms with Crippen molar-refractivity contribution in [3.63, 3.8) is 0 Å². The standard InChI is InChI=1S/C17H22N2O5/c1-3-24-17(23)12-5-4-8-19(10-12)16(22)15(21)18-13-9-11(2)6-7-14(13)20/h6-7,9,12,20H,3-5,8,10H2,1-2H3,(H,18,21). The SMILES string of the molecule is CCOC(=O)C1CCCN(C(=O)C(=O)Nc2cc(C)ccc2O)C1. The molecule has 1 aliphatic heterocycles. The predicted molar refractivity (Wildman–Crippen MR) is 87.4 cm³/mol. The van der Waals surface area contributed by atoms with Gasteiger partial charge < -0.3 is 20.1 Å². The lowest BCUT2D eigenvalue weighted by atomic mass is 9.98. The molecule has 1 heterocycles. The van der Waals surface area contributed by atoms with Crippen LogP contribution in [0.15, 0.2) is 18.2 Å². The maximum Gasteiger partial charge on any atom is 0.314 e. The van der Waals surface area contributed by atoms with Crippen molar-refractivity contribution in [3.8, 4) is 5.75 Å². The van der Waals surface area contributed by atoms with Crippen molar-refractivity contribution < 1.29 is 24.2 Å². The molecule has 1 aromatic rings. The van der Waals surface area contributed by atoms with E-state index in [2.05, 4.69) is 5.32 Å². The third kappa shape index (κ3) is 4.24. The number of anilines is 1. The van der Waals surface area contributed by atoms with E-state index in [1.807, 2.05) is 6.92 Å². The molecule has 0 saturated carbocycles. The Bertz CT molecular complexity index is 644. The summed E-state index contributed by atoms with van der Waals surface area (Å²) in [5.74, 6) is -2.40. The van der Waals surface area contributed by atoms with Crippen LogP contribution in [0.1, 0.15) is 25.3 Å². The van der Waals surface area contributed by atoms with Gasteiger partial charge in [-0.2, -0.15) is 0 Å². The lowest BCUT2D eigenvalue weighted by Crippen LogP contribution is -2.47. The van der Waals surface area contributed by atoms with Crippen LogP contribution in [0.5, 0.6) is 5.75 Å². The zero-order valence-electron chi connectivity index (χ0n) is 13.9. The summed E-state index contributed by atoms with van der Waals surface area (Å²) in [6.45, 7) is 4.42. The molecule has 0 spiro atoms. The largest absolute Gasteiger partial charge is 0.506 e. The van der Waals surface area contributed by atoms with Gasteiger partial charge in [-0.15, -0.1) is 0 Å². The fourth-order valence-electron chi connectivity index (χ4n) is 2.68. The number of piperidine rings is 1. The molecule has 1 unspecified atom stereocenters. The van der Waals surface area contributed by atoms with Gasteiger partial charge in [0.1, 0.15) is 5.75 Å². The Labute approximate surface area is 140 Å². The van der Waals surface area contributed by atoms with Gasteiger partial charge in [0.05, 0.1) is 18.2 Å². The maximum atomic E-state index is 12.3. The smallest absolute Gasteiger partial charge is 0.314 e. The first-order valence-electron chi connectivity index (χ1n) is 7.99. The highest BCUT2D eigenvalue weighted by Gasteiger charge is 2.32. The molecule has 0 aromatic heterocycles. The molecule has 0 bridgehead atoms. The number of likely N-dealkylation sites (tertiary alicyclic amines) is 1. The second kappa shape index (κ2) is 7.81. The van der Waals surface area contributed by atoms with Crippen LogP contribution < -0.4 is 5.32 Å². The molecule has 24 heavy (non-hydrogen) atoms.